The highest BCUT2D eigenvalue weighted by Crippen LogP contribution is 2.14. The maximum Gasteiger partial charge on any atom is 0.307 e. The molecular formula is C8H17NO3. The number of hydrogen-bond donors (Lipinski definition) is 1. The summed E-state index contributed by atoms with van der Waals surface area (Å²) in [7, 11) is 2.91. The van der Waals surface area contributed by atoms with E-state index in [1.54, 1.807) is 7.11 Å². The summed E-state index contributed by atoms with van der Waals surface area (Å²) in [6.45, 7) is 3.67. The predicted molar refractivity (Wildman–Crippen MR) is 45.7 cm³/mol. The molecule has 0 bridgehead atoms. The van der Waals surface area contributed by atoms with Crippen LogP contribution in [0.3, 0.4) is 0 Å². The third-order valence-electron chi connectivity index (χ3n) is 2.03. The van der Waals surface area contributed by atoms with E-state index < -0.39 is 5.60 Å². The second-order valence-corrected chi connectivity index (χ2v) is 3.19. The van der Waals surface area contributed by atoms with Crippen LogP contribution in [-0.2, 0) is 14.3 Å². The molecule has 0 radical (unpaired) electrons. The molecule has 0 fully saturated rings. The first-order chi connectivity index (χ1) is 5.44. The number of nitrogens with two attached hydrogens (primary N) is 1. The number of ether oxygens (including phenoxy) is 2. The number of rotatable bonds is 4. The van der Waals surface area contributed by atoms with Gasteiger partial charge in [0.15, 0.2) is 0 Å². The smallest absolute Gasteiger partial charge is 0.307 e. The van der Waals surface area contributed by atoms with Crippen LogP contribution in [-0.4, -0.2) is 31.8 Å². The second kappa shape index (κ2) is 4.42. The molecule has 2 N–H and O–H groups in total. The SMILES string of the molecule is COC(=O)CC(N)C(C)(C)OC. The average Bonchev–Trinajstić information content (AvgIpc) is 2.04. The van der Waals surface area contributed by atoms with Crippen molar-refractivity contribution in [2.45, 2.75) is 31.9 Å². The fraction of sp³-hybridized carbons (Fsp3) is 0.875. The largest absolute Gasteiger partial charge is 0.469 e. The van der Waals surface area contributed by atoms with Crippen LogP contribution in [0.5, 0.6) is 0 Å². The Bertz CT molecular complexity index is 156. The van der Waals surface area contributed by atoms with E-state index in [4.69, 9.17) is 10.5 Å². The molecule has 4 heteroatoms. The molecule has 1 atom stereocenters. The average molecular weight is 175 g/mol. The summed E-state index contributed by atoms with van der Waals surface area (Å²) in [5.74, 6) is -0.312. The first-order valence-corrected chi connectivity index (χ1v) is 3.81. The van der Waals surface area contributed by atoms with Gasteiger partial charge in [-0.1, -0.05) is 0 Å². The van der Waals surface area contributed by atoms with E-state index >= 15 is 0 Å². The number of esters is 1. The lowest BCUT2D eigenvalue weighted by atomic mass is 9.97. The first kappa shape index (κ1) is 11.4. The standard InChI is InChI=1S/C8H17NO3/c1-8(2,12-4)6(9)5-7(10)11-3/h6H,5,9H2,1-4H3. The van der Waals surface area contributed by atoms with Crippen LogP contribution in [0.4, 0.5) is 0 Å². The van der Waals surface area contributed by atoms with Gasteiger partial charge in [-0.3, -0.25) is 4.79 Å². The summed E-state index contributed by atoms with van der Waals surface area (Å²) in [6.07, 6.45) is 0.178. The molecule has 1 unspecified atom stereocenters. The Kier molecular flexibility index (Phi) is 4.20. The summed E-state index contributed by atoms with van der Waals surface area (Å²) < 4.78 is 9.60. The summed E-state index contributed by atoms with van der Waals surface area (Å²) in [5, 5.41) is 0. The van der Waals surface area contributed by atoms with Crippen molar-refractivity contribution < 1.29 is 14.3 Å². The molecule has 0 aromatic rings. The van der Waals surface area contributed by atoms with E-state index in [-0.39, 0.29) is 18.4 Å². The van der Waals surface area contributed by atoms with Crippen molar-refractivity contribution in [2.24, 2.45) is 5.73 Å². The van der Waals surface area contributed by atoms with Gasteiger partial charge < -0.3 is 15.2 Å². The second-order valence-electron chi connectivity index (χ2n) is 3.19. The molecule has 0 aliphatic heterocycles. The number of hydrogen-bond acceptors (Lipinski definition) is 4. The van der Waals surface area contributed by atoms with E-state index in [0.717, 1.165) is 0 Å². The molecule has 0 amide bonds. The van der Waals surface area contributed by atoms with E-state index in [1.807, 2.05) is 13.8 Å². The minimum Gasteiger partial charge on any atom is -0.469 e. The van der Waals surface area contributed by atoms with Crippen LogP contribution in [0.15, 0.2) is 0 Å². The predicted octanol–water partition coefficient (Wildman–Crippen LogP) is 0.302. The van der Waals surface area contributed by atoms with Gasteiger partial charge in [0.25, 0.3) is 0 Å². The third-order valence-corrected chi connectivity index (χ3v) is 2.03. The van der Waals surface area contributed by atoms with E-state index in [2.05, 4.69) is 4.74 Å². The van der Waals surface area contributed by atoms with Gasteiger partial charge in [-0.2, -0.15) is 0 Å². The molecule has 4 nitrogen and oxygen atoms in total. The van der Waals surface area contributed by atoms with E-state index in [0.29, 0.717) is 0 Å². The summed E-state index contributed by atoms with van der Waals surface area (Å²) in [5.41, 5.74) is 5.22. The van der Waals surface area contributed by atoms with Crippen LogP contribution in [0.2, 0.25) is 0 Å². The maximum absolute atomic E-state index is 10.8. The molecule has 0 aliphatic rings. The third kappa shape index (κ3) is 3.19. The van der Waals surface area contributed by atoms with E-state index in [1.165, 1.54) is 7.11 Å². The van der Waals surface area contributed by atoms with Crippen molar-refractivity contribution in [1.82, 2.24) is 0 Å². The molecule has 0 aromatic carbocycles. The highest BCUT2D eigenvalue weighted by molar-refractivity contribution is 5.70. The minimum atomic E-state index is -0.492. The Morgan fingerprint density at radius 1 is 1.50 bits per heavy atom. The zero-order valence-electron chi connectivity index (χ0n) is 8.09. The Morgan fingerprint density at radius 2 is 2.00 bits per heavy atom. The fourth-order valence-corrected chi connectivity index (χ4v) is 0.660. The minimum absolute atomic E-state index is 0.178. The number of carbonyl (C=O) groups is 1. The lowest BCUT2D eigenvalue weighted by molar-refractivity contribution is -0.142. The molecule has 0 aromatic heterocycles. The normalized spacial score (nSPS) is 14.1. The topological polar surface area (TPSA) is 61.5 Å². The van der Waals surface area contributed by atoms with Crippen molar-refractivity contribution in [3.8, 4) is 0 Å². The Labute approximate surface area is 73.0 Å². The Morgan fingerprint density at radius 3 is 2.33 bits per heavy atom. The first-order valence-electron chi connectivity index (χ1n) is 3.81. The van der Waals surface area contributed by atoms with Gasteiger partial charge in [-0.25, -0.2) is 0 Å². The highest BCUT2D eigenvalue weighted by atomic mass is 16.5. The van der Waals surface area contributed by atoms with Crippen molar-refractivity contribution in [2.75, 3.05) is 14.2 Å². The Hall–Kier alpha value is -0.610. The van der Waals surface area contributed by atoms with Gasteiger partial charge in [0.05, 0.1) is 19.1 Å². The van der Waals surface area contributed by atoms with Crippen molar-refractivity contribution in [3.05, 3.63) is 0 Å². The molecule has 0 heterocycles. The summed E-state index contributed by atoms with van der Waals surface area (Å²) in [6, 6.07) is -0.338. The van der Waals surface area contributed by atoms with Gasteiger partial charge in [0.2, 0.25) is 0 Å². The number of methoxy groups -OCH3 is 2. The van der Waals surface area contributed by atoms with Gasteiger partial charge in [-0.15, -0.1) is 0 Å². The summed E-state index contributed by atoms with van der Waals surface area (Å²) in [4.78, 5) is 10.8. The zero-order chi connectivity index (χ0) is 9.78. The monoisotopic (exact) mass is 175 g/mol. The van der Waals surface area contributed by atoms with Gasteiger partial charge in [0, 0.05) is 13.2 Å². The molecule has 72 valence electrons. The molecule has 0 spiro atoms. The number of carbonyl (C=O) groups excluding carboxylic acids is 1. The maximum atomic E-state index is 10.8. The molecule has 0 saturated carbocycles. The summed E-state index contributed by atoms with van der Waals surface area (Å²) >= 11 is 0. The van der Waals surface area contributed by atoms with E-state index in [9.17, 15) is 4.79 Å². The van der Waals surface area contributed by atoms with Crippen molar-refractivity contribution >= 4 is 5.97 Å². The quantitative estimate of drug-likeness (QED) is 0.624. The van der Waals surface area contributed by atoms with Crippen LogP contribution in [0.1, 0.15) is 20.3 Å². The molecule has 0 saturated heterocycles. The van der Waals surface area contributed by atoms with Crippen LogP contribution in [0, 0.1) is 0 Å². The molecular weight excluding hydrogens is 158 g/mol. The van der Waals surface area contributed by atoms with Gasteiger partial charge in [-0.05, 0) is 13.8 Å². The van der Waals surface area contributed by atoms with Gasteiger partial charge in [0.1, 0.15) is 0 Å². The highest BCUT2D eigenvalue weighted by Gasteiger charge is 2.27. The lowest BCUT2D eigenvalue weighted by Crippen LogP contribution is -2.46. The van der Waals surface area contributed by atoms with Crippen LogP contribution in [0.25, 0.3) is 0 Å². The molecule has 0 rings (SSSR count). The molecule has 12 heavy (non-hydrogen) atoms. The zero-order valence-corrected chi connectivity index (χ0v) is 8.09. The van der Waals surface area contributed by atoms with Gasteiger partial charge >= 0.3 is 5.97 Å². The van der Waals surface area contributed by atoms with Crippen LogP contribution >= 0.6 is 0 Å². The Balaban J connectivity index is 4.02. The lowest BCUT2D eigenvalue weighted by Gasteiger charge is -2.29. The fourth-order valence-electron chi connectivity index (χ4n) is 0.660. The van der Waals surface area contributed by atoms with Crippen molar-refractivity contribution in [3.63, 3.8) is 0 Å². The van der Waals surface area contributed by atoms with Crippen LogP contribution < -0.4 is 5.73 Å². The molecule has 0 aliphatic carbocycles. The van der Waals surface area contributed by atoms with Crippen molar-refractivity contribution in [1.29, 1.82) is 0 Å².